The van der Waals surface area contributed by atoms with Crippen LogP contribution in [0.2, 0.25) is 0 Å². The first-order valence-electron chi connectivity index (χ1n) is 7.04. The lowest BCUT2D eigenvalue weighted by Gasteiger charge is -2.28. The van der Waals surface area contributed by atoms with Crippen LogP contribution in [0.3, 0.4) is 0 Å². The molecule has 2 aliphatic heterocycles. The van der Waals surface area contributed by atoms with E-state index in [1.807, 2.05) is 11.9 Å². The van der Waals surface area contributed by atoms with E-state index in [1.165, 1.54) is 4.88 Å². The Morgan fingerprint density at radius 2 is 2.15 bits per heavy atom. The van der Waals surface area contributed by atoms with Gasteiger partial charge in [0.2, 0.25) is 5.91 Å². The number of hydrogen-bond acceptors (Lipinski definition) is 5. The van der Waals surface area contributed by atoms with Gasteiger partial charge in [0.1, 0.15) is 5.01 Å². The molecule has 110 valence electrons. The summed E-state index contributed by atoms with van der Waals surface area (Å²) in [5.74, 6) is 0.191. The molecule has 0 radical (unpaired) electrons. The lowest BCUT2D eigenvalue weighted by molar-refractivity contribution is -0.133. The van der Waals surface area contributed by atoms with Gasteiger partial charge in [0.15, 0.2) is 0 Å². The highest BCUT2D eigenvalue weighted by molar-refractivity contribution is 7.11. The average molecular weight is 295 g/mol. The highest BCUT2D eigenvalue weighted by Gasteiger charge is 2.37. The Hall–Kier alpha value is -0.980. The molecule has 0 aliphatic carbocycles. The van der Waals surface area contributed by atoms with Crippen molar-refractivity contribution < 1.29 is 9.53 Å². The van der Waals surface area contributed by atoms with Gasteiger partial charge in [-0.3, -0.25) is 9.69 Å². The van der Waals surface area contributed by atoms with Crippen molar-refractivity contribution in [1.82, 2.24) is 14.8 Å². The first-order valence-corrected chi connectivity index (χ1v) is 7.86. The van der Waals surface area contributed by atoms with E-state index in [0.717, 1.165) is 30.3 Å². The van der Waals surface area contributed by atoms with Crippen molar-refractivity contribution in [3.05, 3.63) is 15.6 Å². The third-order valence-corrected chi connectivity index (χ3v) is 5.31. The van der Waals surface area contributed by atoms with Gasteiger partial charge < -0.3 is 9.64 Å². The number of ether oxygens (including phenoxy) is 1. The molecule has 20 heavy (non-hydrogen) atoms. The Bertz CT molecular complexity index is 497. The maximum Gasteiger partial charge on any atom is 0.229 e. The van der Waals surface area contributed by atoms with Gasteiger partial charge >= 0.3 is 0 Å². The van der Waals surface area contributed by atoms with Crippen molar-refractivity contribution in [2.24, 2.45) is 5.92 Å². The number of thiazole rings is 1. The monoisotopic (exact) mass is 295 g/mol. The van der Waals surface area contributed by atoms with Gasteiger partial charge in [-0.05, 0) is 13.8 Å². The van der Waals surface area contributed by atoms with E-state index in [2.05, 4.69) is 23.7 Å². The van der Waals surface area contributed by atoms with Gasteiger partial charge in [0.05, 0.1) is 37.4 Å². The van der Waals surface area contributed by atoms with Gasteiger partial charge in [-0.15, -0.1) is 11.3 Å². The van der Waals surface area contributed by atoms with E-state index >= 15 is 0 Å². The van der Waals surface area contributed by atoms with Crippen LogP contribution in [-0.4, -0.2) is 60.1 Å². The topological polar surface area (TPSA) is 45.7 Å². The number of rotatable bonds is 2. The molecule has 0 aromatic carbocycles. The number of hydrogen-bond donors (Lipinski definition) is 0. The van der Waals surface area contributed by atoms with Gasteiger partial charge in [-0.1, -0.05) is 0 Å². The Morgan fingerprint density at radius 3 is 2.85 bits per heavy atom. The molecule has 1 aromatic heterocycles. The number of nitrogens with zero attached hydrogens (tertiary/aromatic N) is 3. The molecule has 2 bridgehead atoms. The van der Waals surface area contributed by atoms with Crippen molar-refractivity contribution in [1.29, 1.82) is 0 Å². The minimum absolute atomic E-state index is 0.0327. The highest BCUT2D eigenvalue weighted by Crippen LogP contribution is 2.23. The van der Waals surface area contributed by atoms with Crippen LogP contribution < -0.4 is 0 Å². The number of carbonyl (C=O) groups is 1. The smallest absolute Gasteiger partial charge is 0.229 e. The lowest BCUT2D eigenvalue weighted by Crippen LogP contribution is -2.42. The Balaban J connectivity index is 1.76. The fourth-order valence-electron chi connectivity index (χ4n) is 2.91. The summed E-state index contributed by atoms with van der Waals surface area (Å²) in [7, 11) is 1.90. The summed E-state index contributed by atoms with van der Waals surface area (Å²) in [5.41, 5.74) is 1.12. The van der Waals surface area contributed by atoms with Crippen LogP contribution in [0.1, 0.15) is 15.6 Å². The second kappa shape index (κ2) is 5.42. The first kappa shape index (κ1) is 14.0. The van der Waals surface area contributed by atoms with Crippen molar-refractivity contribution in [2.45, 2.75) is 26.4 Å². The summed E-state index contributed by atoms with van der Waals surface area (Å²) in [6.45, 7) is 7.84. The van der Waals surface area contributed by atoms with Crippen LogP contribution in [0.4, 0.5) is 0 Å². The molecule has 0 N–H and O–H groups in total. The fraction of sp³-hybridized carbons (Fsp3) is 0.714. The Morgan fingerprint density at radius 1 is 1.35 bits per heavy atom. The molecule has 2 atom stereocenters. The third kappa shape index (κ3) is 2.60. The fourth-order valence-corrected chi connectivity index (χ4v) is 3.89. The van der Waals surface area contributed by atoms with Gasteiger partial charge in [-0.2, -0.15) is 0 Å². The van der Waals surface area contributed by atoms with Crippen LogP contribution >= 0.6 is 11.3 Å². The number of aryl methyl sites for hydroxylation is 2. The Labute approximate surface area is 123 Å². The first-order chi connectivity index (χ1) is 9.54. The minimum Gasteiger partial charge on any atom is -0.378 e. The molecule has 2 saturated heterocycles. The van der Waals surface area contributed by atoms with Crippen LogP contribution in [-0.2, 0) is 16.1 Å². The molecule has 2 aliphatic rings. The maximum atomic E-state index is 12.3. The van der Waals surface area contributed by atoms with Crippen molar-refractivity contribution in [2.75, 3.05) is 33.4 Å². The van der Waals surface area contributed by atoms with Crippen LogP contribution in [0.15, 0.2) is 0 Å². The standard InChI is InChI=1S/C14H21N3O2S/c1-9-10(2)20-13(15-9)6-17-4-11-7-19-8-12(5-17)16(3)14(11)18/h11-12H,4-8H2,1-3H3/t11-,12+/m1/s1. The molecule has 1 aromatic rings. The molecular formula is C14H21N3O2S. The van der Waals surface area contributed by atoms with Crippen LogP contribution in [0, 0.1) is 19.8 Å². The van der Waals surface area contributed by atoms with Crippen molar-refractivity contribution >= 4 is 17.2 Å². The van der Waals surface area contributed by atoms with E-state index in [4.69, 9.17) is 4.74 Å². The predicted octanol–water partition coefficient (Wildman–Crippen LogP) is 1.05. The number of carbonyl (C=O) groups excluding carboxylic acids is 1. The molecular weight excluding hydrogens is 274 g/mol. The number of aromatic nitrogens is 1. The second-order valence-electron chi connectivity index (χ2n) is 5.78. The molecule has 1 amide bonds. The highest BCUT2D eigenvalue weighted by atomic mass is 32.1. The number of likely N-dealkylation sites (N-methyl/N-ethyl adjacent to an activating group) is 1. The summed E-state index contributed by atoms with van der Waals surface area (Å²) in [6.07, 6.45) is 0. The number of fused-ring (bicyclic) bond motifs is 3. The summed E-state index contributed by atoms with van der Waals surface area (Å²) >= 11 is 1.76. The molecule has 3 heterocycles. The predicted molar refractivity (Wildman–Crippen MR) is 77.7 cm³/mol. The van der Waals surface area contributed by atoms with E-state index in [1.54, 1.807) is 11.3 Å². The SMILES string of the molecule is Cc1nc(CN2C[C@@H]3COC[C@H](C2)N(C)C3=O)sc1C. The molecule has 6 heteroatoms. The van der Waals surface area contributed by atoms with Crippen molar-refractivity contribution in [3.63, 3.8) is 0 Å². The molecule has 0 spiro atoms. The van der Waals surface area contributed by atoms with E-state index in [-0.39, 0.29) is 17.9 Å². The summed E-state index contributed by atoms with van der Waals surface area (Å²) in [6, 6.07) is 0.164. The summed E-state index contributed by atoms with van der Waals surface area (Å²) in [5, 5.41) is 1.15. The van der Waals surface area contributed by atoms with Crippen LogP contribution in [0.5, 0.6) is 0 Å². The lowest BCUT2D eigenvalue weighted by atomic mass is 10.1. The summed E-state index contributed by atoms with van der Waals surface area (Å²) < 4.78 is 5.62. The van der Waals surface area contributed by atoms with Crippen LogP contribution in [0.25, 0.3) is 0 Å². The van der Waals surface area contributed by atoms with E-state index < -0.39 is 0 Å². The summed E-state index contributed by atoms with van der Waals surface area (Å²) in [4.78, 5) is 22.4. The molecule has 0 unspecified atom stereocenters. The van der Waals surface area contributed by atoms with Gasteiger partial charge in [0, 0.05) is 25.0 Å². The number of amides is 1. The van der Waals surface area contributed by atoms with Crippen molar-refractivity contribution in [3.8, 4) is 0 Å². The van der Waals surface area contributed by atoms with E-state index in [0.29, 0.717) is 13.2 Å². The molecule has 0 saturated carbocycles. The molecule has 3 rings (SSSR count). The molecule has 5 nitrogen and oxygen atoms in total. The van der Waals surface area contributed by atoms with Gasteiger partial charge in [-0.25, -0.2) is 4.98 Å². The second-order valence-corrected chi connectivity index (χ2v) is 7.07. The largest absolute Gasteiger partial charge is 0.378 e. The van der Waals surface area contributed by atoms with Gasteiger partial charge in [0.25, 0.3) is 0 Å². The van der Waals surface area contributed by atoms with E-state index in [9.17, 15) is 4.79 Å². The minimum atomic E-state index is -0.0327. The average Bonchev–Trinajstić information content (AvgIpc) is 2.57. The molecule has 2 fully saturated rings. The zero-order chi connectivity index (χ0) is 14.3. The maximum absolute atomic E-state index is 12.3. The third-order valence-electron chi connectivity index (χ3n) is 4.25. The zero-order valence-electron chi connectivity index (χ0n) is 12.3. The zero-order valence-corrected chi connectivity index (χ0v) is 13.1. The Kier molecular flexibility index (Phi) is 3.79. The quantitative estimate of drug-likeness (QED) is 0.818. The normalized spacial score (nSPS) is 27.8.